The van der Waals surface area contributed by atoms with Gasteiger partial charge in [-0.15, -0.1) is 0 Å². The number of hydrogen-bond acceptors (Lipinski definition) is 9. The van der Waals surface area contributed by atoms with E-state index >= 15 is 0 Å². The number of nitrogens with one attached hydrogen (secondary N) is 3. The lowest BCUT2D eigenvalue weighted by molar-refractivity contribution is -0.164. The van der Waals surface area contributed by atoms with Crippen molar-refractivity contribution in [3.8, 4) is 11.3 Å². The van der Waals surface area contributed by atoms with Crippen molar-refractivity contribution in [1.29, 1.82) is 0 Å². The lowest BCUT2D eigenvalue weighted by Crippen LogP contribution is -2.64. The van der Waals surface area contributed by atoms with Gasteiger partial charge in [0.25, 0.3) is 17.8 Å². The van der Waals surface area contributed by atoms with Gasteiger partial charge in [-0.1, -0.05) is 50.2 Å². The summed E-state index contributed by atoms with van der Waals surface area (Å²) in [5, 5.41) is 27.3. The smallest absolute Gasteiger partial charge is 0.508 e. The molecule has 0 radical (unpaired) electrons. The van der Waals surface area contributed by atoms with Crippen LogP contribution in [0, 0.1) is 5.92 Å². The van der Waals surface area contributed by atoms with Gasteiger partial charge in [-0.25, -0.2) is 4.98 Å². The summed E-state index contributed by atoms with van der Waals surface area (Å²) >= 11 is 0. The maximum Gasteiger partial charge on any atom is 0.552 e. The van der Waals surface area contributed by atoms with Crippen LogP contribution in [-0.4, -0.2) is 82.7 Å². The second-order valence-electron chi connectivity index (χ2n) is 10.5. The molecule has 0 aliphatic carbocycles. The molecule has 42 heavy (non-hydrogen) atoms. The monoisotopic (exact) mass is 582 g/mol. The molecule has 4 atom stereocenters. The third kappa shape index (κ3) is 8.14. The van der Waals surface area contributed by atoms with Crippen LogP contribution in [0.1, 0.15) is 50.5 Å². The first-order valence-corrected chi connectivity index (χ1v) is 13.5. The Labute approximate surface area is 243 Å². The molecule has 1 aliphatic rings. The number of aliphatic hydroxyl groups is 1. The Kier molecular flexibility index (Phi) is 10.8. The predicted molar refractivity (Wildman–Crippen MR) is 151 cm³/mol. The molecular formula is C28H35BN4O9. The first-order chi connectivity index (χ1) is 19.8. The van der Waals surface area contributed by atoms with Crippen molar-refractivity contribution in [1.82, 2.24) is 20.9 Å². The van der Waals surface area contributed by atoms with Crippen LogP contribution in [0.2, 0.25) is 0 Å². The number of amides is 3. The standard InChI is InChI=1S/C28H35BN4O9/c1-16(2)13-21(29-41-23(37)15-28(42-29,14-22(35)36)27(40)30-4)32-26(39)24(17(3)34)33-25(38)20-12-8-11-19(31-20)18-9-6-5-7-10-18/h5-12,16-17,21,24,34H,13-15H2,1-4H3,(H,30,40)(H,32,39)(H,33,38)(H,35,36)/t17-,21+,24+,28-/m1/s1. The van der Waals surface area contributed by atoms with Gasteiger partial charge in [-0.3, -0.25) is 24.0 Å². The summed E-state index contributed by atoms with van der Waals surface area (Å²) in [4.78, 5) is 67.7. The van der Waals surface area contributed by atoms with Crippen LogP contribution in [0.25, 0.3) is 11.3 Å². The fourth-order valence-electron chi connectivity index (χ4n) is 4.62. The number of aliphatic carboxylic acids is 1. The third-order valence-electron chi connectivity index (χ3n) is 6.58. The molecule has 1 aromatic carbocycles. The van der Waals surface area contributed by atoms with E-state index in [4.69, 9.17) is 9.31 Å². The average Bonchev–Trinajstić information content (AvgIpc) is 2.94. The number of pyridine rings is 1. The Bertz CT molecular complexity index is 1300. The van der Waals surface area contributed by atoms with E-state index in [1.807, 2.05) is 44.2 Å². The minimum atomic E-state index is -2.06. The number of hydrogen-bond donors (Lipinski definition) is 5. The van der Waals surface area contributed by atoms with Crippen LogP contribution in [0.15, 0.2) is 48.5 Å². The van der Waals surface area contributed by atoms with E-state index < -0.39 is 73.3 Å². The molecule has 224 valence electrons. The lowest BCUT2D eigenvalue weighted by Gasteiger charge is -2.39. The van der Waals surface area contributed by atoms with Crippen LogP contribution in [0.5, 0.6) is 0 Å². The van der Waals surface area contributed by atoms with Gasteiger partial charge in [0.2, 0.25) is 5.91 Å². The molecule has 14 heteroatoms. The number of carbonyl (C=O) groups excluding carboxylic acids is 4. The molecule has 0 spiro atoms. The van der Waals surface area contributed by atoms with Crippen molar-refractivity contribution in [3.63, 3.8) is 0 Å². The molecule has 13 nitrogen and oxygen atoms in total. The summed E-state index contributed by atoms with van der Waals surface area (Å²) < 4.78 is 11.1. The predicted octanol–water partition coefficient (Wildman–Crippen LogP) is 0.709. The maximum atomic E-state index is 13.4. The number of nitrogens with zero attached hydrogens (tertiary/aromatic N) is 1. The Morgan fingerprint density at radius 3 is 2.33 bits per heavy atom. The van der Waals surface area contributed by atoms with Crippen LogP contribution >= 0.6 is 0 Å². The number of rotatable bonds is 12. The van der Waals surface area contributed by atoms with Crippen LogP contribution in [-0.2, 0) is 28.5 Å². The molecule has 1 saturated heterocycles. The quantitative estimate of drug-likeness (QED) is 0.223. The second kappa shape index (κ2) is 14.1. The zero-order valence-electron chi connectivity index (χ0n) is 23.8. The summed E-state index contributed by atoms with van der Waals surface area (Å²) in [5.74, 6) is -5.77. The van der Waals surface area contributed by atoms with Crippen LogP contribution in [0.3, 0.4) is 0 Å². The molecule has 2 heterocycles. The molecule has 3 rings (SSSR count). The van der Waals surface area contributed by atoms with Gasteiger partial charge in [0.1, 0.15) is 11.7 Å². The molecule has 0 saturated carbocycles. The summed E-state index contributed by atoms with van der Waals surface area (Å²) in [6.45, 7) is 4.97. The fraction of sp³-hybridized carbons (Fsp3) is 0.429. The zero-order valence-corrected chi connectivity index (χ0v) is 23.8. The summed E-state index contributed by atoms with van der Waals surface area (Å²) in [6.07, 6.45) is -2.62. The van der Waals surface area contributed by atoms with E-state index in [-0.39, 0.29) is 18.0 Å². The van der Waals surface area contributed by atoms with Gasteiger partial charge < -0.3 is 35.5 Å². The van der Waals surface area contributed by atoms with E-state index in [1.165, 1.54) is 20.0 Å². The number of likely N-dealkylation sites (N-methyl/N-ethyl adjacent to an activating group) is 1. The molecule has 1 fully saturated rings. The summed E-state index contributed by atoms with van der Waals surface area (Å²) in [5.41, 5.74) is -0.725. The highest BCUT2D eigenvalue weighted by Gasteiger charge is 2.54. The normalized spacial score (nSPS) is 18.8. The van der Waals surface area contributed by atoms with Crippen LogP contribution in [0.4, 0.5) is 0 Å². The second-order valence-corrected chi connectivity index (χ2v) is 10.5. The lowest BCUT2D eigenvalue weighted by atomic mass is 9.70. The highest BCUT2D eigenvalue weighted by molar-refractivity contribution is 6.50. The maximum absolute atomic E-state index is 13.4. The molecule has 5 N–H and O–H groups in total. The molecule has 2 aromatic rings. The highest BCUT2D eigenvalue weighted by atomic mass is 16.6. The molecular weight excluding hydrogens is 547 g/mol. The molecule has 1 aliphatic heterocycles. The summed E-state index contributed by atoms with van der Waals surface area (Å²) in [7, 11) is -0.249. The van der Waals surface area contributed by atoms with E-state index in [1.54, 1.807) is 12.1 Å². The van der Waals surface area contributed by atoms with E-state index in [9.17, 15) is 34.2 Å². The zero-order chi connectivity index (χ0) is 31.0. The molecule has 3 amide bonds. The average molecular weight is 582 g/mol. The van der Waals surface area contributed by atoms with E-state index in [2.05, 4.69) is 20.9 Å². The number of benzene rings is 1. The van der Waals surface area contributed by atoms with Gasteiger partial charge in [-0.05, 0) is 31.4 Å². The first-order valence-electron chi connectivity index (χ1n) is 13.5. The third-order valence-corrected chi connectivity index (χ3v) is 6.58. The van der Waals surface area contributed by atoms with Crippen molar-refractivity contribution >= 4 is 36.8 Å². The number of carboxylic acids is 1. The Balaban J connectivity index is 1.83. The Morgan fingerprint density at radius 2 is 1.74 bits per heavy atom. The van der Waals surface area contributed by atoms with Gasteiger partial charge in [-0.2, -0.15) is 0 Å². The Morgan fingerprint density at radius 1 is 1.05 bits per heavy atom. The van der Waals surface area contributed by atoms with E-state index in [0.29, 0.717) is 5.69 Å². The topological polar surface area (TPSA) is 193 Å². The molecule has 1 aromatic heterocycles. The molecule has 0 unspecified atom stereocenters. The Hall–Kier alpha value is -4.30. The van der Waals surface area contributed by atoms with Crippen LogP contribution < -0.4 is 16.0 Å². The minimum Gasteiger partial charge on any atom is -0.508 e. The van der Waals surface area contributed by atoms with Crippen molar-refractivity contribution in [2.75, 3.05) is 7.05 Å². The summed E-state index contributed by atoms with van der Waals surface area (Å²) in [6, 6.07) is 12.6. The highest BCUT2D eigenvalue weighted by Crippen LogP contribution is 2.30. The van der Waals surface area contributed by atoms with E-state index in [0.717, 1.165) is 5.56 Å². The SMILES string of the molecule is CNC(=O)[C@@]1(CC(=O)O)CC(=O)OB([C@H](CC(C)C)NC(=O)[C@@H](NC(=O)c2cccc(-c3ccccc3)n2)[C@@H](C)O)O1. The largest absolute Gasteiger partial charge is 0.552 e. The number of carbonyl (C=O) groups is 5. The van der Waals surface area contributed by atoms with Gasteiger partial charge in [0, 0.05) is 12.6 Å². The van der Waals surface area contributed by atoms with Gasteiger partial charge in [0.15, 0.2) is 5.60 Å². The van der Waals surface area contributed by atoms with Gasteiger partial charge in [0.05, 0.1) is 30.6 Å². The fourth-order valence-corrected chi connectivity index (χ4v) is 4.62. The van der Waals surface area contributed by atoms with Gasteiger partial charge >= 0.3 is 13.1 Å². The molecule has 0 bridgehead atoms. The van der Waals surface area contributed by atoms with Crippen molar-refractivity contribution < 1.29 is 43.5 Å². The van der Waals surface area contributed by atoms with Crippen molar-refractivity contribution in [3.05, 3.63) is 54.2 Å². The number of aromatic nitrogens is 1. The van der Waals surface area contributed by atoms with Crippen molar-refractivity contribution in [2.24, 2.45) is 5.92 Å². The van der Waals surface area contributed by atoms with Crippen molar-refractivity contribution in [2.45, 2.75) is 63.7 Å². The minimum absolute atomic E-state index is 0.0158. The number of carboxylic acid groups (broad SMARTS) is 1. The number of aliphatic hydroxyl groups excluding tert-OH is 1. The first kappa shape index (κ1) is 32.2.